The highest BCUT2D eigenvalue weighted by molar-refractivity contribution is 8.12. The van der Waals surface area contributed by atoms with Crippen LogP contribution in [0.5, 0.6) is 0 Å². The summed E-state index contributed by atoms with van der Waals surface area (Å²) in [6.45, 7) is 10.5. The van der Waals surface area contributed by atoms with Crippen LogP contribution in [-0.2, 0) is 17.6 Å². The van der Waals surface area contributed by atoms with Gasteiger partial charge in [0, 0.05) is 15.5 Å². The van der Waals surface area contributed by atoms with Gasteiger partial charge in [0.05, 0.1) is 6.10 Å². The SMILES string of the molecule is C=C(S/C(=C\C)c1cccc2c1CCC2)C1=CCC(OC(C)C)C(N)=C1. The first-order valence-corrected chi connectivity index (χ1v) is 10.3. The van der Waals surface area contributed by atoms with Crippen LogP contribution in [0.1, 0.15) is 50.3 Å². The van der Waals surface area contributed by atoms with Gasteiger partial charge in [-0.3, -0.25) is 0 Å². The van der Waals surface area contributed by atoms with Gasteiger partial charge in [-0.15, -0.1) is 0 Å². The quantitative estimate of drug-likeness (QED) is 0.695. The molecule has 0 spiro atoms. The lowest BCUT2D eigenvalue weighted by molar-refractivity contribution is 0.0292. The highest BCUT2D eigenvalue weighted by Crippen LogP contribution is 2.41. The third-order valence-electron chi connectivity index (χ3n) is 4.91. The van der Waals surface area contributed by atoms with Gasteiger partial charge in [-0.2, -0.15) is 0 Å². The topological polar surface area (TPSA) is 35.2 Å². The molecular formula is C23H29NOS. The first-order chi connectivity index (χ1) is 12.5. The molecular weight excluding hydrogens is 338 g/mol. The second-order valence-electron chi connectivity index (χ2n) is 7.19. The van der Waals surface area contributed by atoms with E-state index in [1.54, 1.807) is 11.8 Å². The Morgan fingerprint density at radius 3 is 2.85 bits per heavy atom. The van der Waals surface area contributed by atoms with Crippen molar-refractivity contribution < 1.29 is 4.74 Å². The average molecular weight is 368 g/mol. The summed E-state index contributed by atoms with van der Waals surface area (Å²) in [5.74, 6) is 0. The van der Waals surface area contributed by atoms with E-state index in [1.165, 1.54) is 40.9 Å². The molecule has 1 aromatic rings. The van der Waals surface area contributed by atoms with Crippen LogP contribution < -0.4 is 5.73 Å². The first kappa shape index (κ1) is 19.1. The number of hydrogen-bond acceptors (Lipinski definition) is 3. The van der Waals surface area contributed by atoms with E-state index in [9.17, 15) is 0 Å². The molecule has 0 fully saturated rings. The Morgan fingerprint density at radius 1 is 1.35 bits per heavy atom. The van der Waals surface area contributed by atoms with E-state index in [-0.39, 0.29) is 12.2 Å². The molecule has 138 valence electrons. The zero-order valence-electron chi connectivity index (χ0n) is 16.0. The van der Waals surface area contributed by atoms with Crippen molar-refractivity contribution in [1.29, 1.82) is 0 Å². The maximum absolute atomic E-state index is 6.23. The fraction of sp³-hybridized carbons (Fsp3) is 0.391. The number of fused-ring (bicyclic) bond motifs is 1. The Morgan fingerprint density at radius 2 is 2.15 bits per heavy atom. The second kappa shape index (κ2) is 8.32. The van der Waals surface area contributed by atoms with E-state index in [1.807, 2.05) is 19.9 Å². The lowest BCUT2D eigenvalue weighted by atomic mass is 10.0. The Balaban J connectivity index is 1.74. The van der Waals surface area contributed by atoms with E-state index in [0.29, 0.717) is 0 Å². The lowest BCUT2D eigenvalue weighted by Crippen LogP contribution is -2.26. The third kappa shape index (κ3) is 4.16. The Kier molecular flexibility index (Phi) is 6.10. The fourth-order valence-electron chi connectivity index (χ4n) is 3.67. The van der Waals surface area contributed by atoms with Crippen molar-refractivity contribution in [2.75, 3.05) is 0 Å². The molecule has 2 aliphatic rings. The van der Waals surface area contributed by atoms with Crippen molar-refractivity contribution in [3.8, 4) is 0 Å². The van der Waals surface area contributed by atoms with E-state index in [2.05, 4.69) is 43.9 Å². The van der Waals surface area contributed by atoms with Crippen LogP contribution >= 0.6 is 11.8 Å². The van der Waals surface area contributed by atoms with Gasteiger partial charge in [-0.1, -0.05) is 48.7 Å². The maximum Gasteiger partial charge on any atom is 0.100 e. The van der Waals surface area contributed by atoms with Crippen molar-refractivity contribution in [2.24, 2.45) is 5.73 Å². The molecule has 0 saturated heterocycles. The molecule has 3 rings (SSSR count). The number of allylic oxidation sites excluding steroid dienone is 3. The molecule has 2 aliphatic carbocycles. The lowest BCUT2D eigenvalue weighted by Gasteiger charge is -2.24. The molecule has 26 heavy (non-hydrogen) atoms. The van der Waals surface area contributed by atoms with Crippen LogP contribution in [0.3, 0.4) is 0 Å². The Hall–Kier alpha value is -1.71. The van der Waals surface area contributed by atoms with Gasteiger partial charge in [0.1, 0.15) is 6.10 Å². The third-order valence-corrected chi connectivity index (χ3v) is 6.07. The number of benzene rings is 1. The van der Waals surface area contributed by atoms with Gasteiger partial charge < -0.3 is 10.5 Å². The Bertz CT molecular complexity index is 785. The van der Waals surface area contributed by atoms with Crippen molar-refractivity contribution in [2.45, 2.75) is 58.7 Å². The van der Waals surface area contributed by atoms with Gasteiger partial charge in [0.15, 0.2) is 0 Å². The second-order valence-corrected chi connectivity index (χ2v) is 8.32. The molecule has 1 unspecified atom stereocenters. The standard InChI is InChI=1S/C23H29NOS/c1-5-23(20-11-7-9-17-8-6-10-19(17)20)26-16(4)18-12-13-22(21(24)14-18)25-15(2)3/h5,7,9,11-12,14-15,22H,4,6,8,10,13,24H2,1-3H3/b23-5-. The smallest absolute Gasteiger partial charge is 0.100 e. The van der Waals surface area contributed by atoms with Gasteiger partial charge in [0.25, 0.3) is 0 Å². The van der Waals surface area contributed by atoms with Crippen LogP contribution in [0.4, 0.5) is 0 Å². The van der Waals surface area contributed by atoms with Crippen molar-refractivity contribution in [1.82, 2.24) is 0 Å². The van der Waals surface area contributed by atoms with Crippen molar-refractivity contribution >= 4 is 16.7 Å². The summed E-state index contributed by atoms with van der Waals surface area (Å²) in [6, 6.07) is 6.68. The summed E-state index contributed by atoms with van der Waals surface area (Å²) in [5.41, 5.74) is 12.5. The molecule has 1 atom stereocenters. The highest BCUT2D eigenvalue weighted by atomic mass is 32.2. The summed E-state index contributed by atoms with van der Waals surface area (Å²) >= 11 is 1.74. The molecule has 0 radical (unpaired) electrons. The van der Waals surface area contributed by atoms with Crippen LogP contribution in [0, 0.1) is 0 Å². The van der Waals surface area contributed by atoms with E-state index in [0.717, 1.165) is 22.6 Å². The van der Waals surface area contributed by atoms with E-state index in [4.69, 9.17) is 10.5 Å². The minimum absolute atomic E-state index is 0.0184. The monoisotopic (exact) mass is 367 g/mol. The summed E-state index contributed by atoms with van der Waals surface area (Å²) in [5, 5.41) is 0. The zero-order valence-corrected chi connectivity index (χ0v) is 16.9. The molecule has 3 heteroatoms. The predicted octanol–water partition coefficient (Wildman–Crippen LogP) is 5.75. The molecule has 0 aromatic heterocycles. The molecule has 2 N–H and O–H groups in total. The fourth-order valence-corrected chi connectivity index (χ4v) is 4.61. The van der Waals surface area contributed by atoms with Crippen LogP contribution in [-0.4, -0.2) is 12.2 Å². The van der Waals surface area contributed by atoms with E-state index >= 15 is 0 Å². The van der Waals surface area contributed by atoms with Crippen molar-refractivity contribution in [3.63, 3.8) is 0 Å². The van der Waals surface area contributed by atoms with Gasteiger partial charge in [-0.25, -0.2) is 0 Å². The number of rotatable bonds is 6. The molecule has 0 bridgehead atoms. The van der Waals surface area contributed by atoms with Crippen LogP contribution in [0.2, 0.25) is 0 Å². The summed E-state index contributed by atoms with van der Waals surface area (Å²) in [7, 11) is 0. The minimum Gasteiger partial charge on any atom is -0.400 e. The van der Waals surface area contributed by atoms with Gasteiger partial charge >= 0.3 is 0 Å². The van der Waals surface area contributed by atoms with Gasteiger partial charge in [0.2, 0.25) is 0 Å². The minimum atomic E-state index is -0.0184. The molecule has 0 heterocycles. The molecule has 0 amide bonds. The first-order valence-electron chi connectivity index (χ1n) is 9.46. The largest absolute Gasteiger partial charge is 0.400 e. The number of aryl methyl sites for hydroxylation is 1. The summed E-state index contributed by atoms with van der Waals surface area (Å²) in [4.78, 5) is 2.32. The van der Waals surface area contributed by atoms with Gasteiger partial charge in [-0.05, 0) is 74.8 Å². The van der Waals surface area contributed by atoms with Crippen LogP contribution in [0.15, 0.2) is 59.2 Å². The zero-order chi connectivity index (χ0) is 18.7. The summed E-state index contributed by atoms with van der Waals surface area (Å²) in [6.07, 6.45) is 11.0. The van der Waals surface area contributed by atoms with Crippen LogP contribution in [0.25, 0.3) is 4.91 Å². The normalized spacial score (nSPS) is 20.0. The van der Waals surface area contributed by atoms with E-state index < -0.39 is 0 Å². The number of thioether (sulfide) groups is 1. The maximum atomic E-state index is 6.23. The van der Waals surface area contributed by atoms with Crippen molar-refractivity contribution in [3.05, 3.63) is 75.9 Å². The average Bonchev–Trinajstić information content (AvgIpc) is 3.09. The molecule has 2 nitrogen and oxygen atoms in total. The number of hydrogen-bond donors (Lipinski definition) is 1. The number of ether oxygens (including phenoxy) is 1. The predicted molar refractivity (Wildman–Crippen MR) is 114 cm³/mol. The molecule has 0 aliphatic heterocycles. The Labute approximate surface area is 161 Å². The number of nitrogens with two attached hydrogens (primary N) is 1. The summed E-state index contributed by atoms with van der Waals surface area (Å²) < 4.78 is 5.87. The highest BCUT2D eigenvalue weighted by Gasteiger charge is 2.21. The molecule has 1 aromatic carbocycles. The molecule has 0 saturated carbocycles.